The summed E-state index contributed by atoms with van der Waals surface area (Å²) in [7, 11) is 0. The summed E-state index contributed by atoms with van der Waals surface area (Å²) in [6.45, 7) is 3.80. The fraction of sp³-hybridized carbons (Fsp3) is 0.467. The number of aryl methyl sites for hydroxylation is 1. The summed E-state index contributed by atoms with van der Waals surface area (Å²) in [6.07, 6.45) is 7.58. The Labute approximate surface area is 103 Å². The topological polar surface area (TPSA) is 29.5 Å². The maximum absolute atomic E-state index is 9.51. The second kappa shape index (κ2) is 5.37. The highest BCUT2D eigenvalue weighted by Gasteiger charge is 2.12. The number of ether oxygens (including phenoxy) is 1. The molecule has 1 aromatic carbocycles. The molecule has 1 N–H and O–H groups in total. The van der Waals surface area contributed by atoms with Gasteiger partial charge in [0.05, 0.1) is 6.10 Å². The van der Waals surface area contributed by atoms with Gasteiger partial charge in [0.15, 0.2) is 0 Å². The van der Waals surface area contributed by atoms with Crippen LogP contribution in [0.5, 0.6) is 5.75 Å². The van der Waals surface area contributed by atoms with Crippen LogP contribution in [0.1, 0.15) is 43.4 Å². The molecule has 0 fully saturated rings. The van der Waals surface area contributed by atoms with Crippen LogP contribution in [0.4, 0.5) is 0 Å². The number of aliphatic hydroxyl groups excluding tert-OH is 1. The van der Waals surface area contributed by atoms with Crippen molar-refractivity contribution in [1.29, 1.82) is 0 Å². The highest BCUT2D eigenvalue weighted by atomic mass is 16.5. The van der Waals surface area contributed by atoms with Crippen molar-refractivity contribution in [1.82, 2.24) is 0 Å². The maximum Gasteiger partial charge on any atom is 0.123 e. The number of aliphatic hydroxyl groups is 1. The lowest BCUT2D eigenvalue weighted by atomic mass is 10.0. The molecule has 92 valence electrons. The fourth-order valence-electron chi connectivity index (χ4n) is 2.11. The van der Waals surface area contributed by atoms with Crippen molar-refractivity contribution < 1.29 is 9.84 Å². The molecular formula is C15H20O2. The number of hydrogen-bond donors (Lipinski definition) is 1. The molecule has 1 aliphatic carbocycles. The molecule has 0 bridgehead atoms. The Balaban J connectivity index is 2.10. The molecule has 2 atom stereocenters. The smallest absolute Gasteiger partial charge is 0.123 e. The summed E-state index contributed by atoms with van der Waals surface area (Å²) < 4.78 is 5.95. The van der Waals surface area contributed by atoms with Crippen LogP contribution in [0.2, 0.25) is 0 Å². The monoisotopic (exact) mass is 232 g/mol. The van der Waals surface area contributed by atoms with Crippen molar-refractivity contribution in [2.75, 3.05) is 0 Å². The van der Waals surface area contributed by atoms with Crippen molar-refractivity contribution >= 4 is 0 Å². The Morgan fingerprint density at radius 2 is 2.24 bits per heavy atom. The molecule has 2 nitrogen and oxygen atoms in total. The standard InChI is InChI=1S/C15H20O2/c1-11-10-13(12(2)16)8-9-15(11)17-14-6-4-3-5-7-14/h4,6,8-10,12,14,16H,3,5,7H2,1-2H3/t12-,14?/m0/s1. The zero-order valence-corrected chi connectivity index (χ0v) is 10.5. The van der Waals surface area contributed by atoms with Crippen molar-refractivity contribution in [3.05, 3.63) is 41.5 Å². The van der Waals surface area contributed by atoms with Gasteiger partial charge in [-0.25, -0.2) is 0 Å². The minimum atomic E-state index is -0.419. The quantitative estimate of drug-likeness (QED) is 0.808. The summed E-state index contributed by atoms with van der Waals surface area (Å²) in [4.78, 5) is 0. The van der Waals surface area contributed by atoms with Gasteiger partial charge >= 0.3 is 0 Å². The van der Waals surface area contributed by atoms with Gasteiger partial charge in [-0.05, 0) is 62.4 Å². The van der Waals surface area contributed by atoms with E-state index in [0.717, 1.165) is 23.3 Å². The third-order valence-corrected chi connectivity index (χ3v) is 3.17. The highest BCUT2D eigenvalue weighted by Crippen LogP contribution is 2.25. The Morgan fingerprint density at radius 1 is 1.41 bits per heavy atom. The van der Waals surface area contributed by atoms with E-state index >= 15 is 0 Å². The molecule has 2 rings (SSSR count). The van der Waals surface area contributed by atoms with Gasteiger partial charge in [-0.1, -0.05) is 12.1 Å². The van der Waals surface area contributed by atoms with Crippen molar-refractivity contribution in [2.24, 2.45) is 0 Å². The molecule has 2 heteroatoms. The molecule has 0 radical (unpaired) electrons. The second-order valence-electron chi connectivity index (χ2n) is 4.72. The molecule has 1 aliphatic rings. The molecule has 0 amide bonds. The van der Waals surface area contributed by atoms with E-state index in [1.54, 1.807) is 6.92 Å². The van der Waals surface area contributed by atoms with Crippen LogP contribution in [-0.2, 0) is 0 Å². The minimum absolute atomic E-state index is 0.208. The Hall–Kier alpha value is -1.28. The van der Waals surface area contributed by atoms with Crippen LogP contribution in [0.25, 0.3) is 0 Å². The molecule has 17 heavy (non-hydrogen) atoms. The van der Waals surface area contributed by atoms with E-state index < -0.39 is 6.10 Å². The van der Waals surface area contributed by atoms with Crippen LogP contribution in [0.15, 0.2) is 30.4 Å². The van der Waals surface area contributed by atoms with Gasteiger partial charge in [0.25, 0.3) is 0 Å². The molecule has 1 aromatic rings. The third-order valence-electron chi connectivity index (χ3n) is 3.17. The van der Waals surface area contributed by atoms with E-state index in [9.17, 15) is 5.11 Å². The first kappa shape index (κ1) is 12.2. The molecule has 0 heterocycles. The number of hydrogen-bond acceptors (Lipinski definition) is 2. The van der Waals surface area contributed by atoms with Crippen molar-refractivity contribution in [2.45, 2.75) is 45.3 Å². The Bertz CT molecular complexity index is 407. The lowest BCUT2D eigenvalue weighted by molar-refractivity contribution is 0.198. The lowest BCUT2D eigenvalue weighted by Gasteiger charge is -2.20. The maximum atomic E-state index is 9.51. The number of rotatable bonds is 3. The molecule has 0 aromatic heterocycles. The minimum Gasteiger partial charge on any atom is -0.486 e. The third kappa shape index (κ3) is 3.10. The van der Waals surface area contributed by atoms with E-state index in [1.807, 2.05) is 25.1 Å². The Kier molecular flexibility index (Phi) is 3.85. The predicted molar refractivity (Wildman–Crippen MR) is 69.2 cm³/mol. The summed E-state index contributed by atoms with van der Waals surface area (Å²) in [5.74, 6) is 0.922. The van der Waals surface area contributed by atoms with Crippen LogP contribution in [-0.4, -0.2) is 11.2 Å². The summed E-state index contributed by atoms with van der Waals surface area (Å²) in [6, 6.07) is 5.88. The van der Waals surface area contributed by atoms with E-state index in [0.29, 0.717) is 0 Å². The highest BCUT2D eigenvalue weighted by molar-refractivity contribution is 5.37. The first-order valence-electron chi connectivity index (χ1n) is 6.29. The van der Waals surface area contributed by atoms with Gasteiger partial charge < -0.3 is 9.84 Å². The van der Waals surface area contributed by atoms with Gasteiger partial charge in [0, 0.05) is 0 Å². The van der Waals surface area contributed by atoms with Crippen LogP contribution in [0.3, 0.4) is 0 Å². The summed E-state index contributed by atoms with van der Waals surface area (Å²) in [5, 5.41) is 9.51. The molecule has 1 unspecified atom stereocenters. The summed E-state index contributed by atoms with van der Waals surface area (Å²) in [5.41, 5.74) is 2.02. The van der Waals surface area contributed by atoms with Gasteiger partial charge in [-0.2, -0.15) is 0 Å². The lowest BCUT2D eigenvalue weighted by Crippen LogP contribution is -2.16. The number of benzene rings is 1. The zero-order valence-electron chi connectivity index (χ0n) is 10.5. The fourth-order valence-corrected chi connectivity index (χ4v) is 2.11. The largest absolute Gasteiger partial charge is 0.486 e. The Morgan fingerprint density at radius 3 is 2.82 bits per heavy atom. The normalized spacial score (nSPS) is 21.2. The average Bonchev–Trinajstić information content (AvgIpc) is 2.33. The van der Waals surface area contributed by atoms with Crippen molar-refractivity contribution in [3.8, 4) is 5.75 Å². The van der Waals surface area contributed by atoms with E-state index in [2.05, 4.69) is 12.2 Å². The van der Waals surface area contributed by atoms with Gasteiger partial charge in [-0.3, -0.25) is 0 Å². The van der Waals surface area contributed by atoms with Crippen LogP contribution in [0, 0.1) is 6.92 Å². The molecule has 0 saturated carbocycles. The molecular weight excluding hydrogens is 212 g/mol. The van der Waals surface area contributed by atoms with Crippen molar-refractivity contribution in [3.63, 3.8) is 0 Å². The van der Waals surface area contributed by atoms with E-state index in [4.69, 9.17) is 4.74 Å². The first-order valence-corrected chi connectivity index (χ1v) is 6.29. The van der Waals surface area contributed by atoms with Gasteiger partial charge in [0.2, 0.25) is 0 Å². The van der Waals surface area contributed by atoms with Gasteiger partial charge in [0.1, 0.15) is 11.9 Å². The predicted octanol–water partition coefficient (Wildman–Crippen LogP) is 3.54. The zero-order chi connectivity index (χ0) is 12.3. The first-order chi connectivity index (χ1) is 8.16. The van der Waals surface area contributed by atoms with Crippen LogP contribution < -0.4 is 4.74 Å². The van der Waals surface area contributed by atoms with Crippen LogP contribution >= 0.6 is 0 Å². The molecule has 0 aliphatic heterocycles. The van der Waals surface area contributed by atoms with Gasteiger partial charge in [-0.15, -0.1) is 0 Å². The SMILES string of the molecule is Cc1cc([C@H](C)O)ccc1OC1C=CCCC1. The number of allylic oxidation sites excluding steroid dienone is 1. The molecule has 0 saturated heterocycles. The average molecular weight is 232 g/mol. The van der Waals surface area contributed by atoms with E-state index in [1.165, 1.54) is 12.8 Å². The van der Waals surface area contributed by atoms with E-state index in [-0.39, 0.29) is 6.10 Å². The summed E-state index contributed by atoms with van der Waals surface area (Å²) >= 11 is 0. The second-order valence-corrected chi connectivity index (χ2v) is 4.72. The molecule has 0 spiro atoms.